The van der Waals surface area contributed by atoms with Crippen molar-refractivity contribution in [3.8, 4) is 0 Å². The Morgan fingerprint density at radius 2 is 2.27 bits per heavy atom. The standard InChI is InChI=1S/C15H20N6O/c1-4-16-15(17-5-1)18-11-2-6-21(8-11)9-14-12-10-22-7-3-13(12)19-20-14/h1,4-5,11H,2-3,6-10H2,(H,19,20)(H,16,17,18). The van der Waals surface area contributed by atoms with Crippen LogP contribution in [0.1, 0.15) is 23.4 Å². The van der Waals surface area contributed by atoms with Gasteiger partial charge in [-0.1, -0.05) is 0 Å². The van der Waals surface area contributed by atoms with Gasteiger partial charge in [0.25, 0.3) is 0 Å². The fourth-order valence-corrected chi connectivity index (χ4v) is 3.16. The van der Waals surface area contributed by atoms with Gasteiger partial charge in [-0.3, -0.25) is 10.00 Å². The van der Waals surface area contributed by atoms with Crippen molar-refractivity contribution in [1.29, 1.82) is 0 Å². The lowest BCUT2D eigenvalue weighted by Crippen LogP contribution is -2.27. The lowest BCUT2D eigenvalue weighted by molar-refractivity contribution is 0.109. The molecule has 2 aliphatic heterocycles. The summed E-state index contributed by atoms with van der Waals surface area (Å²) in [4.78, 5) is 10.9. The van der Waals surface area contributed by atoms with E-state index in [1.165, 1.54) is 11.3 Å². The summed E-state index contributed by atoms with van der Waals surface area (Å²) in [7, 11) is 0. The maximum atomic E-state index is 5.55. The maximum absolute atomic E-state index is 5.55. The minimum absolute atomic E-state index is 0.397. The summed E-state index contributed by atoms with van der Waals surface area (Å²) in [5.74, 6) is 0.708. The number of anilines is 1. The number of H-pyrrole nitrogens is 1. The molecule has 7 heteroatoms. The fraction of sp³-hybridized carbons (Fsp3) is 0.533. The van der Waals surface area contributed by atoms with Crippen LogP contribution in [-0.2, 0) is 24.3 Å². The lowest BCUT2D eigenvalue weighted by atomic mass is 10.1. The van der Waals surface area contributed by atoms with Crippen molar-refractivity contribution < 1.29 is 4.74 Å². The molecule has 1 atom stereocenters. The molecule has 1 saturated heterocycles. The van der Waals surface area contributed by atoms with Gasteiger partial charge in [-0.25, -0.2) is 9.97 Å². The molecule has 0 saturated carbocycles. The van der Waals surface area contributed by atoms with Crippen LogP contribution in [0.3, 0.4) is 0 Å². The third kappa shape index (κ3) is 2.82. The zero-order valence-electron chi connectivity index (χ0n) is 12.5. The van der Waals surface area contributed by atoms with Crippen molar-refractivity contribution in [3.63, 3.8) is 0 Å². The minimum atomic E-state index is 0.397. The number of fused-ring (bicyclic) bond motifs is 1. The van der Waals surface area contributed by atoms with Gasteiger partial charge in [0.2, 0.25) is 5.95 Å². The van der Waals surface area contributed by atoms with Crippen LogP contribution in [0, 0.1) is 0 Å². The Kier molecular flexibility index (Phi) is 3.74. The van der Waals surface area contributed by atoms with Crippen LogP contribution in [0.25, 0.3) is 0 Å². The molecule has 0 radical (unpaired) electrons. The molecule has 7 nitrogen and oxygen atoms in total. The average molecular weight is 300 g/mol. The summed E-state index contributed by atoms with van der Waals surface area (Å²) < 4.78 is 5.55. The quantitative estimate of drug-likeness (QED) is 0.875. The number of likely N-dealkylation sites (tertiary alicyclic amines) is 1. The minimum Gasteiger partial charge on any atom is -0.376 e. The van der Waals surface area contributed by atoms with E-state index in [1.807, 2.05) is 6.07 Å². The molecule has 0 aromatic carbocycles. The number of hydrogen-bond acceptors (Lipinski definition) is 6. The van der Waals surface area contributed by atoms with Crippen LogP contribution < -0.4 is 5.32 Å². The molecule has 0 spiro atoms. The highest BCUT2D eigenvalue weighted by molar-refractivity contribution is 5.27. The normalized spacial score (nSPS) is 21.7. The van der Waals surface area contributed by atoms with Crippen molar-refractivity contribution in [1.82, 2.24) is 25.1 Å². The van der Waals surface area contributed by atoms with Crippen LogP contribution in [0.4, 0.5) is 5.95 Å². The van der Waals surface area contributed by atoms with Crippen molar-refractivity contribution in [3.05, 3.63) is 35.4 Å². The predicted octanol–water partition coefficient (Wildman–Crippen LogP) is 0.959. The molecule has 4 heterocycles. The lowest BCUT2D eigenvalue weighted by Gasteiger charge is -2.17. The summed E-state index contributed by atoms with van der Waals surface area (Å²) in [5, 5.41) is 11.0. The van der Waals surface area contributed by atoms with Crippen molar-refractivity contribution in [2.24, 2.45) is 0 Å². The highest BCUT2D eigenvalue weighted by atomic mass is 16.5. The van der Waals surface area contributed by atoms with Gasteiger partial charge in [0.1, 0.15) is 0 Å². The molecule has 2 N–H and O–H groups in total. The van der Waals surface area contributed by atoms with E-state index in [4.69, 9.17) is 4.74 Å². The summed E-state index contributed by atoms with van der Waals surface area (Å²) in [6.45, 7) is 4.41. The molecule has 0 bridgehead atoms. The summed E-state index contributed by atoms with van der Waals surface area (Å²) >= 11 is 0. The Morgan fingerprint density at radius 1 is 1.36 bits per heavy atom. The van der Waals surface area contributed by atoms with E-state index in [9.17, 15) is 0 Å². The molecule has 0 amide bonds. The van der Waals surface area contributed by atoms with Crippen molar-refractivity contribution in [2.45, 2.75) is 32.0 Å². The van der Waals surface area contributed by atoms with Gasteiger partial charge in [0, 0.05) is 55.7 Å². The first kappa shape index (κ1) is 13.7. The summed E-state index contributed by atoms with van der Waals surface area (Å²) in [6, 6.07) is 2.22. The molecule has 1 fully saturated rings. The number of aromatic amines is 1. The highest BCUT2D eigenvalue weighted by Gasteiger charge is 2.25. The fourth-order valence-electron chi connectivity index (χ4n) is 3.16. The van der Waals surface area contributed by atoms with E-state index in [-0.39, 0.29) is 0 Å². The van der Waals surface area contributed by atoms with E-state index in [2.05, 4.69) is 30.4 Å². The number of nitrogens with zero attached hydrogens (tertiary/aromatic N) is 4. The van der Waals surface area contributed by atoms with Gasteiger partial charge < -0.3 is 10.1 Å². The van der Waals surface area contributed by atoms with E-state index in [0.29, 0.717) is 18.6 Å². The number of rotatable bonds is 4. The van der Waals surface area contributed by atoms with Crippen molar-refractivity contribution >= 4 is 5.95 Å². The Hall–Kier alpha value is -1.99. The molecule has 2 aliphatic rings. The second kappa shape index (κ2) is 6.02. The van der Waals surface area contributed by atoms with Crippen LogP contribution in [0.15, 0.2) is 18.5 Å². The van der Waals surface area contributed by atoms with Gasteiger partial charge in [-0.05, 0) is 12.5 Å². The summed E-state index contributed by atoms with van der Waals surface area (Å²) in [5.41, 5.74) is 3.63. The molecular weight excluding hydrogens is 280 g/mol. The van der Waals surface area contributed by atoms with Crippen LogP contribution in [0.2, 0.25) is 0 Å². The third-order valence-corrected chi connectivity index (χ3v) is 4.33. The van der Waals surface area contributed by atoms with Crippen LogP contribution >= 0.6 is 0 Å². The second-order valence-electron chi connectivity index (χ2n) is 5.87. The molecule has 0 aliphatic carbocycles. The van der Waals surface area contributed by atoms with E-state index in [0.717, 1.165) is 44.8 Å². The summed E-state index contributed by atoms with van der Waals surface area (Å²) in [6.07, 6.45) is 5.56. The monoisotopic (exact) mass is 300 g/mol. The van der Waals surface area contributed by atoms with Gasteiger partial charge in [0.15, 0.2) is 0 Å². The van der Waals surface area contributed by atoms with Gasteiger partial charge >= 0.3 is 0 Å². The largest absolute Gasteiger partial charge is 0.376 e. The van der Waals surface area contributed by atoms with Crippen LogP contribution in [0.5, 0.6) is 0 Å². The van der Waals surface area contributed by atoms with E-state index < -0.39 is 0 Å². The average Bonchev–Trinajstić information content (AvgIpc) is 3.17. The first-order chi connectivity index (χ1) is 10.9. The maximum Gasteiger partial charge on any atom is 0.222 e. The molecule has 22 heavy (non-hydrogen) atoms. The van der Waals surface area contributed by atoms with Gasteiger partial charge in [0.05, 0.1) is 18.9 Å². The Balaban J connectivity index is 1.36. The predicted molar refractivity (Wildman–Crippen MR) is 81.3 cm³/mol. The molecular formula is C15H20N6O. The molecule has 4 rings (SSSR count). The Morgan fingerprint density at radius 3 is 3.18 bits per heavy atom. The Bertz CT molecular complexity index is 628. The number of aromatic nitrogens is 4. The van der Waals surface area contributed by atoms with Crippen molar-refractivity contribution in [2.75, 3.05) is 25.0 Å². The van der Waals surface area contributed by atoms with Gasteiger partial charge in [-0.15, -0.1) is 0 Å². The SMILES string of the molecule is c1cnc(NC2CCN(Cc3n[nH]c4c3COCC4)C2)nc1. The first-order valence-electron chi connectivity index (χ1n) is 7.77. The van der Waals surface area contributed by atoms with Gasteiger partial charge in [-0.2, -0.15) is 5.10 Å². The Labute approximate surface area is 129 Å². The van der Waals surface area contributed by atoms with E-state index in [1.54, 1.807) is 12.4 Å². The number of ether oxygens (including phenoxy) is 1. The first-order valence-corrected chi connectivity index (χ1v) is 7.77. The number of hydrogen-bond donors (Lipinski definition) is 2. The zero-order valence-corrected chi connectivity index (χ0v) is 12.5. The smallest absolute Gasteiger partial charge is 0.222 e. The number of nitrogens with one attached hydrogen (secondary N) is 2. The molecule has 2 aromatic heterocycles. The molecule has 1 unspecified atom stereocenters. The molecule has 2 aromatic rings. The van der Waals surface area contributed by atoms with E-state index >= 15 is 0 Å². The highest BCUT2D eigenvalue weighted by Crippen LogP contribution is 2.21. The third-order valence-electron chi connectivity index (χ3n) is 4.33. The zero-order chi connectivity index (χ0) is 14.8. The van der Waals surface area contributed by atoms with Crippen LogP contribution in [-0.4, -0.2) is 50.8 Å². The second-order valence-corrected chi connectivity index (χ2v) is 5.87. The molecule has 116 valence electrons. The topological polar surface area (TPSA) is 79.0 Å².